The van der Waals surface area contributed by atoms with Crippen LogP contribution < -0.4 is 0 Å². The van der Waals surface area contributed by atoms with E-state index in [2.05, 4.69) is 47.8 Å². The third-order valence-corrected chi connectivity index (χ3v) is 21.5. The van der Waals surface area contributed by atoms with Crippen molar-refractivity contribution in [1.29, 1.82) is 0 Å². The lowest BCUT2D eigenvalue weighted by atomic mass is 9.78. The lowest BCUT2D eigenvalue weighted by Crippen LogP contribution is -2.62. The summed E-state index contributed by atoms with van der Waals surface area (Å²) >= 11 is 0. The van der Waals surface area contributed by atoms with Gasteiger partial charge in [-0.1, -0.05) is 40.9 Å². The monoisotopic (exact) mass is 1100 g/mol. The molecule has 31 atom stereocenters. The van der Waals surface area contributed by atoms with E-state index >= 15 is 0 Å². The lowest BCUT2D eigenvalue weighted by molar-refractivity contribution is -0.393. The number of esters is 1. The number of rotatable bonds is 2. The Morgan fingerprint density at radius 3 is 2.13 bits per heavy atom. The van der Waals surface area contributed by atoms with E-state index in [0.29, 0.717) is 70.6 Å². The smallest absolute Gasteiger partial charge is 0.308 e. The molecule has 16 aliphatic heterocycles. The molecule has 2 N–H and O–H groups in total. The Hall–Kier alpha value is -1.73. The fraction of sp³-hybridized carbons (Fsp3) is 0.915. The van der Waals surface area contributed by atoms with Crippen LogP contribution in [0.3, 0.4) is 0 Å². The van der Waals surface area contributed by atoms with Crippen molar-refractivity contribution in [3.63, 3.8) is 0 Å². The van der Waals surface area contributed by atoms with Crippen molar-refractivity contribution in [3.8, 4) is 0 Å². The van der Waals surface area contributed by atoms with E-state index < -0.39 is 90.5 Å². The molecule has 0 aromatic heterocycles. The number of aliphatic hydroxyl groups excluding tert-OH is 2. The minimum absolute atomic E-state index is 0.00387. The van der Waals surface area contributed by atoms with Gasteiger partial charge in [-0.2, -0.15) is 0 Å². The maximum Gasteiger partial charge on any atom is 0.308 e. The summed E-state index contributed by atoms with van der Waals surface area (Å²) in [5.74, 6) is -3.14. The molecular weight excluding hydrogens is 1010 g/mol. The summed E-state index contributed by atoms with van der Waals surface area (Å²) in [5, 5.41) is 20.6. The van der Waals surface area contributed by atoms with E-state index in [-0.39, 0.29) is 116 Å². The molecule has 16 saturated heterocycles. The van der Waals surface area contributed by atoms with Crippen molar-refractivity contribution in [2.75, 3.05) is 6.61 Å². The van der Waals surface area contributed by atoms with Crippen molar-refractivity contribution >= 4 is 5.97 Å². The summed E-state index contributed by atoms with van der Waals surface area (Å²) in [6.07, 6.45) is 0.722. The van der Waals surface area contributed by atoms with Crippen LogP contribution >= 0.6 is 0 Å². The number of hydrogen-bond donors (Lipinski definition) is 2. The largest absolute Gasteiger partial charge is 0.459 e. The summed E-state index contributed by atoms with van der Waals surface area (Å²) in [7, 11) is 0. The molecule has 434 valence electrons. The number of carbonyl (C=O) groups is 1. The van der Waals surface area contributed by atoms with Gasteiger partial charge >= 0.3 is 5.97 Å². The summed E-state index contributed by atoms with van der Waals surface area (Å²) in [6.45, 7) is 19.8. The SMILES string of the molecule is C=C1CC2CCC34CC5(C)OC6C(O3)C3OC(CCC3OC6C5O4)CC(=O)OC3C(CC4OC(CCC1O2)CC(C)C4=C)OC1OC2OC4(CC2OC1C3C)CC1OC2(CC(C)C3OC(CCO)C(O)CC3O2)CC(C)C1O4. The summed E-state index contributed by atoms with van der Waals surface area (Å²) in [4.78, 5) is 14.6. The van der Waals surface area contributed by atoms with Gasteiger partial charge in [0.15, 0.2) is 29.9 Å². The van der Waals surface area contributed by atoms with E-state index in [1.54, 1.807) is 0 Å². The van der Waals surface area contributed by atoms with Crippen molar-refractivity contribution in [2.45, 2.75) is 307 Å². The first-order chi connectivity index (χ1) is 37.4. The lowest BCUT2D eigenvalue weighted by Gasteiger charge is -2.54. The van der Waals surface area contributed by atoms with Crippen molar-refractivity contribution in [3.05, 3.63) is 24.3 Å². The van der Waals surface area contributed by atoms with Gasteiger partial charge in [0.2, 0.25) is 0 Å². The van der Waals surface area contributed by atoms with Gasteiger partial charge in [-0.25, -0.2) is 0 Å². The first kappa shape index (κ1) is 53.0. The Bertz CT molecular complexity index is 2340. The highest BCUT2D eigenvalue weighted by molar-refractivity contribution is 5.70. The van der Waals surface area contributed by atoms with Crippen LogP contribution in [0.15, 0.2) is 24.3 Å². The van der Waals surface area contributed by atoms with Gasteiger partial charge in [0, 0.05) is 63.9 Å². The second-order valence-electron chi connectivity index (χ2n) is 27.2. The number of aliphatic hydroxyl groups is 2. The Morgan fingerprint density at radius 1 is 0.551 bits per heavy atom. The Kier molecular flexibility index (Phi) is 13.2. The molecule has 16 fully saturated rings. The first-order valence-electron chi connectivity index (χ1n) is 30.3. The van der Waals surface area contributed by atoms with Crippen LogP contribution in [0, 0.1) is 23.7 Å². The second kappa shape index (κ2) is 19.4. The molecule has 0 radical (unpaired) electrons. The number of ether oxygens (including phenoxy) is 16. The highest BCUT2D eigenvalue weighted by Gasteiger charge is 2.73. The highest BCUT2D eigenvalue weighted by atomic mass is 16.9. The predicted octanol–water partition coefficient (Wildman–Crippen LogP) is 5.50. The van der Waals surface area contributed by atoms with E-state index in [9.17, 15) is 15.0 Å². The number of fused-ring (bicyclic) bond motifs is 10. The second-order valence-corrected chi connectivity index (χ2v) is 27.2. The predicted molar refractivity (Wildman–Crippen MR) is 269 cm³/mol. The van der Waals surface area contributed by atoms with Gasteiger partial charge in [-0.05, 0) is 87.2 Å². The van der Waals surface area contributed by atoms with Crippen LogP contribution in [0.1, 0.15) is 144 Å². The Morgan fingerprint density at radius 2 is 1.28 bits per heavy atom. The molecule has 16 rings (SSSR count). The molecule has 31 unspecified atom stereocenters. The number of carbonyl (C=O) groups excluding carboxylic acids is 1. The van der Waals surface area contributed by atoms with Gasteiger partial charge < -0.3 is 86.0 Å². The number of hydrogen-bond acceptors (Lipinski definition) is 19. The zero-order chi connectivity index (χ0) is 53.4. The van der Waals surface area contributed by atoms with Gasteiger partial charge in [-0.3, -0.25) is 4.79 Å². The molecular formula is C59H84O19. The third-order valence-electron chi connectivity index (χ3n) is 21.5. The highest BCUT2D eigenvalue weighted by Crippen LogP contribution is 2.60. The zero-order valence-electron chi connectivity index (χ0n) is 46.1. The van der Waals surface area contributed by atoms with E-state index in [0.717, 1.165) is 43.3 Å². The van der Waals surface area contributed by atoms with Crippen LogP contribution in [0.4, 0.5) is 0 Å². The standard InChI is InChI=1S/C59H84O19/c1-26-16-32-8-10-36-27(2)17-34(63-36)12-14-57-25-56(7)53(77-57)52-51(74-56)50(76-57)49-38(67-52)11-9-33(65-49)18-44(62)70-47-31(6)48-55(69-40(47)20-39(64-32)30(26)5)71-54-43(68-48)24-59(78-54)23-42-46(75-59)29(4)22-58(73-42)21-28(3)45-41(72-58)19-35(61)37(66-45)13-15-60/h26,28-29,31-43,45-55,60-61H,2,5,8-25H2,1,3-4,6-7H3. The first-order valence-corrected chi connectivity index (χ1v) is 30.3. The van der Waals surface area contributed by atoms with Crippen LogP contribution in [0.2, 0.25) is 0 Å². The van der Waals surface area contributed by atoms with Gasteiger partial charge in [0.05, 0.1) is 79.7 Å². The van der Waals surface area contributed by atoms with Crippen molar-refractivity contribution in [1.82, 2.24) is 0 Å². The fourth-order valence-corrected chi connectivity index (χ4v) is 17.9. The van der Waals surface area contributed by atoms with Gasteiger partial charge in [0.1, 0.15) is 60.5 Å². The molecule has 16 heterocycles. The normalized spacial score (nSPS) is 59.0. The molecule has 0 aromatic rings. The molecule has 3 spiro atoms. The van der Waals surface area contributed by atoms with Crippen molar-refractivity contribution in [2.24, 2.45) is 23.7 Å². The molecule has 0 aliphatic carbocycles. The van der Waals surface area contributed by atoms with Crippen LogP contribution in [-0.2, 0) is 80.6 Å². The molecule has 12 bridgehead atoms. The molecule has 19 nitrogen and oxygen atoms in total. The third kappa shape index (κ3) is 8.85. The molecule has 0 amide bonds. The van der Waals surface area contributed by atoms with Gasteiger partial charge in [0.25, 0.3) is 0 Å². The van der Waals surface area contributed by atoms with Crippen LogP contribution in [0.25, 0.3) is 0 Å². The summed E-state index contributed by atoms with van der Waals surface area (Å²) < 4.78 is 110. The molecule has 19 heteroatoms. The van der Waals surface area contributed by atoms with Crippen LogP contribution in [0.5, 0.6) is 0 Å². The van der Waals surface area contributed by atoms with Crippen molar-refractivity contribution < 1.29 is 90.8 Å². The minimum Gasteiger partial charge on any atom is -0.459 e. The molecule has 0 saturated carbocycles. The van der Waals surface area contributed by atoms with E-state index in [1.807, 2.05) is 0 Å². The minimum atomic E-state index is -1.03. The Labute approximate surface area is 457 Å². The topological polar surface area (TPSA) is 205 Å². The van der Waals surface area contributed by atoms with E-state index in [4.69, 9.17) is 75.8 Å². The van der Waals surface area contributed by atoms with E-state index in [1.165, 1.54) is 0 Å². The van der Waals surface area contributed by atoms with Crippen LogP contribution in [-0.4, -0.2) is 187 Å². The summed E-state index contributed by atoms with van der Waals surface area (Å²) in [6, 6.07) is 0. The molecule has 16 aliphatic rings. The maximum absolute atomic E-state index is 14.6. The zero-order valence-corrected chi connectivity index (χ0v) is 46.1. The molecule has 0 aromatic carbocycles. The maximum atomic E-state index is 14.6. The average Bonchev–Trinajstić information content (AvgIpc) is 3.55. The fourth-order valence-electron chi connectivity index (χ4n) is 17.9. The molecule has 78 heavy (non-hydrogen) atoms. The quantitative estimate of drug-likeness (QED) is 0.259. The average molecular weight is 1100 g/mol. The Balaban J connectivity index is 0.667. The van der Waals surface area contributed by atoms with Gasteiger partial charge in [-0.15, -0.1) is 0 Å². The summed E-state index contributed by atoms with van der Waals surface area (Å²) in [5.41, 5.74) is 1.55.